The molecule has 11 heteroatoms. The number of H-pyrrole nitrogens is 1. The molecule has 1 fully saturated rings. The highest BCUT2D eigenvalue weighted by Gasteiger charge is 2.64. The minimum atomic E-state index is -1.45. The molecule has 3 atom stereocenters. The van der Waals surface area contributed by atoms with E-state index in [4.69, 9.17) is 9.47 Å². The van der Waals surface area contributed by atoms with Gasteiger partial charge < -0.3 is 33.9 Å². The van der Waals surface area contributed by atoms with Gasteiger partial charge in [-0.3, -0.25) is 14.4 Å². The molecule has 2 N–H and O–H groups in total. The van der Waals surface area contributed by atoms with Crippen molar-refractivity contribution in [1.82, 2.24) is 19.4 Å². The van der Waals surface area contributed by atoms with Crippen LogP contribution < -0.4 is 10.2 Å². The molecular formula is C37H40N4O7. The van der Waals surface area contributed by atoms with E-state index in [1.165, 1.54) is 12.0 Å². The highest BCUT2D eigenvalue weighted by molar-refractivity contribution is 6.00. The van der Waals surface area contributed by atoms with Crippen molar-refractivity contribution in [2.75, 3.05) is 34.9 Å². The number of rotatable bonds is 9. The summed E-state index contributed by atoms with van der Waals surface area (Å²) in [5.74, 6) is -1.14. The fourth-order valence-electron chi connectivity index (χ4n) is 7.63. The predicted octanol–water partition coefficient (Wildman–Crippen LogP) is 3.30. The summed E-state index contributed by atoms with van der Waals surface area (Å²) in [6.45, 7) is 1.65. The van der Waals surface area contributed by atoms with Gasteiger partial charge in [0.1, 0.15) is 11.4 Å². The van der Waals surface area contributed by atoms with E-state index in [2.05, 4.69) is 4.98 Å². The molecule has 4 aromatic rings. The molecule has 0 spiro atoms. The Morgan fingerprint density at radius 3 is 2.40 bits per heavy atom. The third-order valence-corrected chi connectivity index (χ3v) is 9.91. The summed E-state index contributed by atoms with van der Waals surface area (Å²) < 4.78 is 12.8. The fourth-order valence-corrected chi connectivity index (χ4v) is 7.63. The van der Waals surface area contributed by atoms with Crippen LogP contribution in [0, 0.1) is 12.8 Å². The van der Waals surface area contributed by atoms with Crippen LogP contribution in [0.5, 0.6) is 5.75 Å². The Kier molecular flexibility index (Phi) is 8.74. The third-order valence-electron chi connectivity index (χ3n) is 9.91. The predicted molar refractivity (Wildman–Crippen MR) is 178 cm³/mol. The van der Waals surface area contributed by atoms with Crippen molar-refractivity contribution >= 4 is 17.8 Å². The summed E-state index contributed by atoms with van der Waals surface area (Å²) in [7, 11) is 6.23. The lowest BCUT2D eigenvalue weighted by Gasteiger charge is -2.40. The van der Waals surface area contributed by atoms with Gasteiger partial charge in [-0.15, -0.1) is 0 Å². The number of carbonyl (C=O) groups is 3. The Morgan fingerprint density at radius 2 is 1.77 bits per heavy atom. The Balaban J connectivity index is 1.56. The van der Waals surface area contributed by atoms with E-state index >= 15 is 0 Å². The molecule has 6 rings (SSSR count). The van der Waals surface area contributed by atoms with E-state index in [0.29, 0.717) is 40.2 Å². The second kappa shape index (κ2) is 12.8. The Labute approximate surface area is 278 Å². The summed E-state index contributed by atoms with van der Waals surface area (Å²) in [5.41, 5.74) is 2.75. The SMILES string of the molecule is COC(=O)[C@@]1(Cc2ccc(OC)cc2)[C@H]2c3cc(C(=O)N(C)C)n(Cc4c(CO)[nH]cc(C)c4=O)c3C[C@H]2CN1C(=O)c1ccccc1. The molecule has 0 saturated carbocycles. The number of nitrogens with one attached hydrogen (secondary N) is 1. The van der Waals surface area contributed by atoms with E-state index in [-0.39, 0.29) is 49.3 Å². The topological polar surface area (TPSA) is 134 Å². The lowest BCUT2D eigenvalue weighted by Crippen LogP contribution is -2.58. The quantitative estimate of drug-likeness (QED) is 0.265. The van der Waals surface area contributed by atoms with Gasteiger partial charge in [0.25, 0.3) is 11.8 Å². The standard InChI is InChI=1S/C37H40N4O7/c1-22-18-38-29(21-42)28(33(22)43)20-40-30-15-25-19-41(34(44)24-9-7-6-8-10-24)37(36(46)48-5,17-23-11-13-26(47-4)14-12-23)32(25)27(30)16-31(40)35(45)39(2)3/h6-14,16,18,25,32,42H,15,17,19-21H2,1-5H3,(H,38,43)/t25-,32+,37+/m0/s1. The Hall–Kier alpha value is -5.16. The van der Waals surface area contributed by atoms with Crippen LogP contribution in [-0.4, -0.2) is 82.6 Å². The molecule has 1 aliphatic heterocycles. The van der Waals surface area contributed by atoms with Crippen molar-refractivity contribution in [3.8, 4) is 5.75 Å². The van der Waals surface area contributed by atoms with Crippen molar-refractivity contribution in [1.29, 1.82) is 0 Å². The number of pyridine rings is 1. The minimum Gasteiger partial charge on any atom is -0.497 e. The van der Waals surface area contributed by atoms with Gasteiger partial charge in [-0.2, -0.15) is 0 Å². The number of carbonyl (C=O) groups excluding carboxylic acids is 3. The van der Waals surface area contributed by atoms with Gasteiger partial charge in [0.05, 0.1) is 27.4 Å². The second-order valence-electron chi connectivity index (χ2n) is 12.8. The van der Waals surface area contributed by atoms with Crippen molar-refractivity contribution < 1.29 is 29.0 Å². The summed E-state index contributed by atoms with van der Waals surface area (Å²) in [5, 5.41) is 10.1. The number of likely N-dealkylation sites (tertiary alicyclic amines) is 1. The zero-order valence-corrected chi connectivity index (χ0v) is 27.8. The Bertz CT molecular complexity index is 1930. The molecule has 3 heterocycles. The Morgan fingerprint density at radius 1 is 1.06 bits per heavy atom. The van der Waals surface area contributed by atoms with Crippen LogP contribution in [0.1, 0.15) is 60.4 Å². The van der Waals surface area contributed by atoms with Crippen LogP contribution in [0.25, 0.3) is 0 Å². The second-order valence-corrected chi connectivity index (χ2v) is 12.8. The highest BCUT2D eigenvalue weighted by Crippen LogP contribution is 2.55. The number of esters is 1. The molecule has 2 aromatic heterocycles. The first-order chi connectivity index (χ1) is 23.0. The summed E-state index contributed by atoms with van der Waals surface area (Å²) in [4.78, 5) is 61.9. The molecule has 0 radical (unpaired) electrons. The third kappa shape index (κ3) is 5.28. The van der Waals surface area contributed by atoms with Crippen molar-refractivity contribution in [2.45, 2.75) is 44.4 Å². The maximum Gasteiger partial charge on any atom is 0.332 e. The monoisotopic (exact) mass is 652 g/mol. The van der Waals surface area contributed by atoms with Crippen LogP contribution in [-0.2, 0) is 35.5 Å². The summed E-state index contributed by atoms with van der Waals surface area (Å²) in [6.07, 6.45) is 2.19. The zero-order valence-electron chi connectivity index (χ0n) is 27.8. The maximum atomic E-state index is 14.4. The van der Waals surface area contributed by atoms with Crippen LogP contribution in [0.15, 0.2) is 71.7 Å². The van der Waals surface area contributed by atoms with E-state index in [0.717, 1.165) is 16.8 Å². The number of aromatic amines is 1. The normalized spacial score (nSPS) is 19.5. The van der Waals surface area contributed by atoms with Gasteiger partial charge in [-0.25, -0.2) is 4.79 Å². The molecule has 1 saturated heterocycles. The number of aliphatic hydroxyl groups is 1. The molecule has 48 heavy (non-hydrogen) atoms. The van der Waals surface area contributed by atoms with Crippen LogP contribution in [0.2, 0.25) is 0 Å². The minimum absolute atomic E-state index is 0.0486. The molecule has 11 nitrogen and oxygen atoms in total. The number of methoxy groups -OCH3 is 2. The smallest absolute Gasteiger partial charge is 0.332 e. The highest BCUT2D eigenvalue weighted by atomic mass is 16.5. The van der Waals surface area contributed by atoms with Gasteiger partial charge in [-0.1, -0.05) is 30.3 Å². The first kappa shape index (κ1) is 32.8. The van der Waals surface area contributed by atoms with Crippen molar-refractivity contribution in [3.05, 3.63) is 122 Å². The first-order valence-electron chi connectivity index (χ1n) is 15.9. The molecule has 2 aliphatic rings. The van der Waals surface area contributed by atoms with Crippen LogP contribution in [0.4, 0.5) is 0 Å². The number of nitrogens with zero attached hydrogens (tertiary/aromatic N) is 3. The zero-order chi connectivity index (χ0) is 34.3. The number of ether oxygens (including phenoxy) is 2. The largest absolute Gasteiger partial charge is 0.497 e. The summed E-state index contributed by atoms with van der Waals surface area (Å²) >= 11 is 0. The van der Waals surface area contributed by atoms with E-state index in [1.54, 1.807) is 63.5 Å². The molecule has 2 aromatic carbocycles. The first-order valence-corrected chi connectivity index (χ1v) is 15.9. The van der Waals surface area contributed by atoms with Gasteiger partial charge >= 0.3 is 5.97 Å². The van der Waals surface area contributed by atoms with E-state index in [1.807, 2.05) is 41.0 Å². The molecule has 0 unspecified atom stereocenters. The van der Waals surface area contributed by atoms with Crippen LogP contribution in [0.3, 0.4) is 0 Å². The number of hydrogen-bond donors (Lipinski definition) is 2. The maximum absolute atomic E-state index is 14.4. The van der Waals surface area contributed by atoms with Gasteiger partial charge in [0.2, 0.25) is 0 Å². The van der Waals surface area contributed by atoms with E-state index in [9.17, 15) is 24.3 Å². The van der Waals surface area contributed by atoms with Crippen molar-refractivity contribution in [2.24, 2.45) is 5.92 Å². The number of aryl methyl sites for hydroxylation is 1. The number of benzene rings is 2. The molecule has 1 aliphatic carbocycles. The van der Waals surface area contributed by atoms with Gasteiger partial charge in [0.15, 0.2) is 11.0 Å². The number of aromatic nitrogens is 2. The fraction of sp³-hybridized carbons (Fsp3) is 0.351. The van der Waals surface area contributed by atoms with Gasteiger partial charge in [-0.05, 0) is 60.7 Å². The van der Waals surface area contributed by atoms with E-state index < -0.39 is 17.4 Å². The van der Waals surface area contributed by atoms with Gasteiger partial charge in [0, 0.05) is 67.3 Å². The van der Waals surface area contributed by atoms with Crippen molar-refractivity contribution in [3.63, 3.8) is 0 Å². The van der Waals surface area contributed by atoms with Crippen LogP contribution >= 0.6 is 0 Å². The molecule has 0 bridgehead atoms. The number of amides is 2. The molecule has 250 valence electrons. The number of hydrogen-bond acceptors (Lipinski definition) is 7. The average molecular weight is 653 g/mol. The average Bonchev–Trinajstić information content (AvgIpc) is 3.74. The lowest BCUT2D eigenvalue weighted by molar-refractivity contribution is -0.153. The lowest BCUT2D eigenvalue weighted by atomic mass is 9.75. The molecular weight excluding hydrogens is 612 g/mol. The molecule has 2 amide bonds. The summed E-state index contributed by atoms with van der Waals surface area (Å²) in [6, 6.07) is 18.1. The number of fused-ring (bicyclic) bond motifs is 3. The number of aliphatic hydroxyl groups excluding tert-OH is 1.